The van der Waals surface area contributed by atoms with Gasteiger partial charge < -0.3 is 10.6 Å². The summed E-state index contributed by atoms with van der Waals surface area (Å²) < 4.78 is 0. The van der Waals surface area contributed by atoms with Crippen LogP contribution >= 0.6 is 11.3 Å². The topological polar surface area (TPSA) is 46.3 Å². The molecule has 0 bridgehead atoms. The molecule has 2 aromatic rings. The smallest absolute Gasteiger partial charge is 0.170 e. The van der Waals surface area contributed by atoms with Crippen molar-refractivity contribution in [3.63, 3.8) is 0 Å². The summed E-state index contributed by atoms with van der Waals surface area (Å²) in [4.78, 5) is 17.2. The van der Waals surface area contributed by atoms with Gasteiger partial charge in [0.15, 0.2) is 5.78 Å². The Morgan fingerprint density at radius 3 is 2.61 bits per heavy atom. The van der Waals surface area contributed by atoms with Gasteiger partial charge in [-0.3, -0.25) is 4.79 Å². The Morgan fingerprint density at radius 1 is 1.19 bits per heavy atom. The number of rotatable bonds is 5. The van der Waals surface area contributed by atoms with Crippen molar-refractivity contribution in [2.24, 2.45) is 11.8 Å². The summed E-state index contributed by atoms with van der Waals surface area (Å²) in [5, 5.41) is 0. The van der Waals surface area contributed by atoms with Crippen LogP contribution < -0.4 is 5.73 Å². The minimum absolute atomic E-state index is 0.181. The number of nitrogen functional groups attached to an aromatic ring is 1. The predicted molar refractivity (Wildman–Crippen MR) is 134 cm³/mol. The van der Waals surface area contributed by atoms with Crippen LogP contribution in [0.3, 0.4) is 0 Å². The van der Waals surface area contributed by atoms with Gasteiger partial charge >= 0.3 is 0 Å². The largest absolute Gasteiger partial charge is 0.399 e. The fourth-order valence-electron chi connectivity index (χ4n) is 5.30. The van der Waals surface area contributed by atoms with Crippen molar-refractivity contribution in [1.82, 2.24) is 4.90 Å². The molecule has 0 spiro atoms. The second-order valence-corrected chi connectivity index (χ2v) is 10.7. The average Bonchev–Trinajstić information content (AvgIpc) is 3.20. The summed E-state index contributed by atoms with van der Waals surface area (Å²) in [6.07, 6.45) is 7.18. The van der Waals surface area contributed by atoms with E-state index in [1.54, 1.807) is 23.8 Å². The Morgan fingerprint density at radius 2 is 1.94 bits per heavy atom. The van der Waals surface area contributed by atoms with Crippen molar-refractivity contribution in [3.05, 3.63) is 45.8 Å². The Hall–Kier alpha value is -1.91. The zero-order chi connectivity index (χ0) is 22.1. The monoisotopic (exact) mass is 436 g/mol. The normalized spacial score (nSPS) is 22.7. The van der Waals surface area contributed by atoms with Crippen LogP contribution in [0.25, 0.3) is 16.0 Å². The van der Waals surface area contributed by atoms with E-state index in [0.29, 0.717) is 5.92 Å². The third-order valence-electron chi connectivity index (χ3n) is 7.27. The van der Waals surface area contributed by atoms with E-state index in [1.807, 2.05) is 6.07 Å². The lowest BCUT2D eigenvalue weighted by atomic mass is 9.75. The van der Waals surface area contributed by atoms with E-state index in [-0.39, 0.29) is 5.78 Å². The first kappa shape index (κ1) is 22.3. The second kappa shape index (κ2) is 9.30. The molecule has 0 saturated heterocycles. The van der Waals surface area contributed by atoms with E-state index in [4.69, 9.17) is 5.73 Å². The minimum atomic E-state index is 0.181. The maximum atomic E-state index is 12.7. The van der Waals surface area contributed by atoms with E-state index in [2.05, 4.69) is 44.0 Å². The zero-order valence-corrected chi connectivity index (χ0v) is 20.3. The predicted octanol–water partition coefficient (Wildman–Crippen LogP) is 6.68. The number of anilines is 1. The summed E-state index contributed by atoms with van der Waals surface area (Å²) >= 11 is 1.65. The van der Waals surface area contributed by atoms with Crippen molar-refractivity contribution in [2.75, 3.05) is 25.9 Å². The lowest BCUT2D eigenvalue weighted by molar-refractivity contribution is 0.102. The van der Waals surface area contributed by atoms with E-state index in [1.165, 1.54) is 52.8 Å². The van der Waals surface area contributed by atoms with Crippen LogP contribution in [0.4, 0.5) is 5.69 Å². The van der Waals surface area contributed by atoms with Gasteiger partial charge in [-0.05, 0) is 97.5 Å². The molecule has 0 unspecified atom stereocenters. The molecule has 31 heavy (non-hydrogen) atoms. The first-order chi connectivity index (χ1) is 14.9. The Labute approximate surface area is 191 Å². The molecule has 1 aliphatic carbocycles. The van der Waals surface area contributed by atoms with Gasteiger partial charge in [0.2, 0.25) is 0 Å². The molecule has 1 fully saturated rings. The van der Waals surface area contributed by atoms with Crippen molar-refractivity contribution < 1.29 is 4.79 Å². The second-order valence-electron chi connectivity index (χ2n) is 9.63. The number of ketones is 1. The fraction of sp³-hybridized carbons (Fsp3) is 0.519. The average molecular weight is 437 g/mol. The molecule has 0 atom stereocenters. The summed E-state index contributed by atoms with van der Waals surface area (Å²) in [7, 11) is 2.23. The molecule has 1 aromatic carbocycles. The van der Waals surface area contributed by atoms with E-state index < -0.39 is 0 Å². The van der Waals surface area contributed by atoms with E-state index >= 15 is 0 Å². The number of likely N-dealkylation sites (N-methyl/N-ethyl adjacent to an activating group) is 1. The molecule has 166 valence electrons. The number of benzene rings is 1. The van der Waals surface area contributed by atoms with Crippen LogP contribution in [-0.2, 0) is 6.42 Å². The van der Waals surface area contributed by atoms with Crippen LogP contribution in [0.2, 0.25) is 0 Å². The number of hydrogen-bond donors (Lipinski definition) is 1. The summed E-state index contributed by atoms with van der Waals surface area (Å²) in [6, 6.07) is 8.59. The maximum Gasteiger partial charge on any atom is 0.170 e. The van der Waals surface area contributed by atoms with Crippen LogP contribution in [0.15, 0.2) is 29.8 Å². The summed E-state index contributed by atoms with van der Waals surface area (Å²) in [6.45, 7) is 8.34. The molecule has 2 N–H and O–H groups in total. The van der Waals surface area contributed by atoms with E-state index in [0.717, 1.165) is 42.4 Å². The first-order valence-electron chi connectivity index (χ1n) is 11.8. The maximum absolute atomic E-state index is 12.7. The molecule has 2 aliphatic rings. The molecule has 1 saturated carbocycles. The molecule has 3 nitrogen and oxygen atoms in total. The van der Waals surface area contributed by atoms with Gasteiger partial charge in [-0.2, -0.15) is 0 Å². The van der Waals surface area contributed by atoms with Crippen molar-refractivity contribution in [1.29, 1.82) is 0 Å². The third-order valence-corrected chi connectivity index (χ3v) is 8.55. The Bertz CT molecular complexity index is 995. The third kappa shape index (κ3) is 4.65. The molecule has 1 aliphatic heterocycles. The highest BCUT2D eigenvalue weighted by Crippen LogP contribution is 2.43. The van der Waals surface area contributed by atoms with Gasteiger partial charge in [0.25, 0.3) is 0 Å². The van der Waals surface area contributed by atoms with Crippen LogP contribution in [0, 0.1) is 11.8 Å². The van der Waals surface area contributed by atoms with Gasteiger partial charge in [0.1, 0.15) is 0 Å². The first-order valence-corrected chi connectivity index (χ1v) is 12.6. The fourth-order valence-corrected chi connectivity index (χ4v) is 6.38. The molecule has 1 aromatic heterocycles. The van der Waals surface area contributed by atoms with Crippen LogP contribution in [0.5, 0.6) is 0 Å². The number of nitrogens with two attached hydrogens (primary N) is 1. The highest BCUT2D eigenvalue weighted by molar-refractivity contribution is 7.17. The van der Waals surface area contributed by atoms with Crippen LogP contribution in [-0.4, -0.2) is 30.8 Å². The molecule has 2 heterocycles. The number of nitrogens with zero attached hydrogens (tertiary/aromatic N) is 1. The quantitative estimate of drug-likeness (QED) is 0.420. The Balaban J connectivity index is 1.79. The van der Waals surface area contributed by atoms with Gasteiger partial charge in [-0.1, -0.05) is 32.8 Å². The molecular weight excluding hydrogens is 400 g/mol. The lowest BCUT2D eigenvalue weighted by Crippen LogP contribution is -2.31. The number of thiophene rings is 1. The highest BCUT2D eigenvalue weighted by Gasteiger charge is 2.29. The van der Waals surface area contributed by atoms with Crippen molar-refractivity contribution in [2.45, 2.75) is 59.3 Å². The Kier molecular flexibility index (Phi) is 6.68. The molecule has 4 heteroatoms. The standard InChI is InChI=1S/C27H36N2OS/c1-5-19-14-21(10-11-25(19)28)26-15-23(27(31-26)18(3)30)22-12-13-29(4)16-24(22)20-8-6-17(2)7-9-20/h10-11,14-15,17,20H,5-9,12-13,16,28H2,1-4H3. The van der Waals surface area contributed by atoms with Crippen molar-refractivity contribution in [3.8, 4) is 10.4 Å². The number of aryl methyl sites for hydroxylation is 1. The minimum Gasteiger partial charge on any atom is -0.399 e. The zero-order valence-electron chi connectivity index (χ0n) is 19.5. The van der Waals surface area contributed by atoms with Gasteiger partial charge in [-0.15, -0.1) is 11.3 Å². The van der Waals surface area contributed by atoms with Gasteiger partial charge in [0.05, 0.1) is 4.88 Å². The van der Waals surface area contributed by atoms with Crippen LogP contribution in [0.1, 0.15) is 73.7 Å². The number of carbonyl (C=O) groups is 1. The van der Waals surface area contributed by atoms with Gasteiger partial charge in [0, 0.05) is 23.7 Å². The number of carbonyl (C=O) groups excluding carboxylic acids is 1. The van der Waals surface area contributed by atoms with Crippen molar-refractivity contribution >= 4 is 28.4 Å². The van der Waals surface area contributed by atoms with Gasteiger partial charge in [-0.25, -0.2) is 0 Å². The summed E-state index contributed by atoms with van der Waals surface area (Å²) in [5.74, 6) is 1.70. The molecule has 4 rings (SSSR count). The molecule has 0 amide bonds. The molecular formula is C27H36N2OS. The number of hydrogen-bond acceptors (Lipinski definition) is 4. The number of Topliss-reactive ketones (excluding diaryl/α,β-unsaturated/α-hetero) is 1. The molecule has 0 radical (unpaired) electrons. The lowest BCUT2D eigenvalue weighted by Gasteiger charge is -2.35. The highest BCUT2D eigenvalue weighted by atomic mass is 32.1. The van der Waals surface area contributed by atoms with E-state index in [9.17, 15) is 4.79 Å². The summed E-state index contributed by atoms with van der Waals surface area (Å²) in [5.41, 5.74) is 13.6. The SMILES string of the molecule is CCc1cc(-c2cc(C3=C(C4CCC(C)CC4)CN(C)CC3)c(C(C)=O)s2)ccc1N.